The topological polar surface area (TPSA) is 12.0 Å². The summed E-state index contributed by atoms with van der Waals surface area (Å²) in [4.78, 5) is 0. The van der Waals surface area contributed by atoms with Crippen LogP contribution in [0.1, 0.15) is 29.7 Å². The van der Waals surface area contributed by atoms with Crippen molar-refractivity contribution in [3.8, 4) is 0 Å². The van der Waals surface area contributed by atoms with Crippen molar-refractivity contribution < 1.29 is 0 Å². The van der Waals surface area contributed by atoms with E-state index in [4.69, 9.17) is 0 Å². The minimum atomic E-state index is 0.331. The molecule has 0 unspecified atom stereocenters. The summed E-state index contributed by atoms with van der Waals surface area (Å²) in [5, 5.41) is 3.55. The Morgan fingerprint density at radius 3 is 2.58 bits per heavy atom. The molecule has 0 aliphatic rings. The van der Waals surface area contributed by atoms with Crippen LogP contribution in [0, 0.1) is 6.92 Å². The van der Waals surface area contributed by atoms with E-state index in [1.165, 1.54) is 21.2 Å². The SMILES string of the molecule is Cc1ccc(CN[C@H](C)c2cccc(Br)c2)cc1Br. The average Bonchev–Trinajstić information content (AvgIpc) is 2.40. The zero-order valence-electron chi connectivity index (χ0n) is 11.1. The number of nitrogens with one attached hydrogen (secondary N) is 1. The van der Waals surface area contributed by atoms with E-state index in [0.29, 0.717) is 6.04 Å². The molecule has 1 N–H and O–H groups in total. The van der Waals surface area contributed by atoms with Gasteiger partial charge in [-0.15, -0.1) is 0 Å². The predicted molar refractivity (Wildman–Crippen MR) is 88.3 cm³/mol. The van der Waals surface area contributed by atoms with E-state index < -0.39 is 0 Å². The zero-order valence-corrected chi connectivity index (χ0v) is 14.3. The minimum Gasteiger partial charge on any atom is -0.306 e. The van der Waals surface area contributed by atoms with Crippen LogP contribution in [0.5, 0.6) is 0 Å². The van der Waals surface area contributed by atoms with Crippen molar-refractivity contribution in [2.24, 2.45) is 0 Å². The Hall–Kier alpha value is -0.640. The lowest BCUT2D eigenvalue weighted by atomic mass is 10.1. The Labute approximate surface area is 131 Å². The molecule has 0 aromatic heterocycles. The third kappa shape index (κ3) is 4.16. The first-order chi connectivity index (χ1) is 9.06. The van der Waals surface area contributed by atoms with E-state index >= 15 is 0 Å². The molecule has 2 aromatic carbocycles. The number of hydrogen-bond acceptors (Lipinski definition) is 1. The molecular weight excluding hydrogens is 366 g/mol. The second kappa shape index (κ2) is 6.69. The summed E-state index contributed by atoms with van der Waals surface area (Å²) < 4.78 is 2.29. The zero-order chi connectivity index (χ0) is 13.8. The van der Waals surface area contributed by atoms with Gasteiger partial charge >= 0.3 is 0 Å². The smallest absolute Gasteiger partial charge is 0.0295 e. The van der Waals surface area contributed by atoms with Gasteiger partial charge in [0, 0.05) is 21.5 Å². The minimum absolute atomic E-state index is 0.331. The quantitative estimate of drug-likeness (QED) is 0.749. The van der Waals surface area contributed by atoms with Crippen molar-refractivity contribution in [1.82, 2.24) is 5.32 Å². The Morgan fingerprint density at radius 1 is 1.11 bits per heavy atom. The molecule has 1 atom stereocenters. The fourth-order valence-corrected chi connectivity index (χ4v) is 2.75. The fourth-order valence-electron chi connectivity index (χ4n) is 1.91. The molecule has 1 nitrogen and oxygen atoms in total. The van der Waals surface area contributed by atoms with Gasteiger partial charge in [0.1, 0.15) is 0 Å². The van der Waals surface area contributed by atoms with Gasteiger partial charge in [-0.1, -0.05) is 56.1 Å². The highest BCUT2D eigenvalue weighted by molar-refractivity contribution is 9.10. The van der Waals surface area contributed by atoms with Crippen LogP contribution in [0.15, 0.2) is 51.4 Å². The highest BCUT2D eigenvalue weighted by Crippen LogP contribution is 2.20. The Bertz CT molecular complexity index is 566. The van der Waals surface area contributed by atoms with Crippen molar-refractivity contribution in [2.75, 3.05) is 0 Å². The summed E-state index contributed by atoms with van der Waals surface area (Å²) >= 11 is 7.08. The molecule has 19 heavy (non-hydrogen) atoms. The average molecular weight is 383 g/mol. The van der Waals surface area contributed by atoms with Gasteiger partial charge in [-0.25, -0.2) is 0 Å². The van der Waals surface area contributed by atoms with Crippen LogP contribution in [0.25, 0.3) is 0 Å². The maximum atomic E-state index is 3.57. The van der Waals surface area contributed by atoms with Crippen LogP contribution in [0.2, 0.25) is 0 Å². The van der Waals surface area contributed by atoms with Gasteiger partial charge in [0.25, 0.3) is 0 Å². The van der Waals surface area contributed by atoms with E-state index in [0.717, 1.165) is 11.0 Å². The van der Waals surface area contributed by atoms with Gasteiger partial charge < -0.3 is 5.32 Å². The number of aryl methyl sites for hydroxylation is 1. The molecule has 0 saturated heterocycles. The van der Waals surface area contributed by atoms with E-state index in [1.807, 2.05) is 6.07 Å². The number of rotatable bonds is 4. The highest BCUT2D eigenvalue weighted by atomic mass is 79.9. The van der Waals surface area contributed by atoms with Crippen molar-refractivity contribution in [2.45, 2.75) is 26.4 Å². The molecule has 0 aliphatic heterocycles. The first-order valence-electron chi connectivity index (χ1n) is 6.30. The lowest BCUT2D eigenvalue weighted by molar-refractivity contribution is 0.574. The van der Waals surface area contributed by atoms with Crippen LogP contribution in [-0.4, -0.2) is 0 Å². The van der Waals surface area contributed by atoms with Crippen molar-refractivity contribution >= 4 is 31.9 Å². The van der Waals surface area contributed by atoms with Gasteiger partial charge in [0.05, 0.1) is 0 Å². The third-order valence-corrected chi connectivity index (χ3v) is 4.54. The molecule has 100 valence electrons. The molecule has 0 saturated carbocycles. The summed E-state index contributed by atoms with van der Waals surface area (Å²) in [6, 6.07) is 15.2. The summed E-state index contributed by atoms with van der Waals surface area (Å²) in [6.45, 7) is 5.16. The molecule has 2 rings (SSSR count). The molecular formula is C16H17Br2N. The highest BCUT2D eigenvalue weighted by Gasteiger charge is 2.05. The van der Waals surface area contributed by atoms with E-state index in [9.17, 15) is 0 Å². The summed E-state index contributed by atoms with van der Waals surface area (Å²) in [5.74, 6) is 0. The fraction of sp³-hybridized carbons (Fsp3) is 0.250. The lowest BCUT2D eigenvalue weighted by Gasteiger charge is -2.15. The van der Waals surface area contributed by atoms with Crippen LogP contribution >= 0.6 is 31.9 Å². The number of halogens is 2. The molecule has 0 amide bonds. The van der Waals surface area contributed by atoms with Gasteiger partial charge in [-0.2, -0.15) is 0 Å². The molecule has 3 heteroatoms. The van der Waals surface area contributed by atoms with Crippen LogP contribution in [-0.2, 0) is 6.54 Å². The Balaban J connectivity index is 2.00. The molecule has 0 bridgehead atoms. The first-order valence-corrected chi connectivity index (χ1v) is 7.89. The molecule has 0 aliphatic carbocycles. The maximum Gasteiger partial charge on any atom is 0.0295 e. The summed E-state index contributed by atoms with van der Waals surface area (Å²) in [5.41, 5.74) is 3.85. The molecule has 0 heterocycles. The van der Waals surface area contributed by atoms with Crippen LogP contribution in [0.4, 0.5) is 0 Å². The Kier molecular flexibility index (Phi) is 5.20. The van der Waals surface area contributed by atoms with Crippen molar-refractivity contribution in [1.29, 1.82) is 0 Å². The van der Waals surface area contributed by atoms with E-state index in [1.54, 1.807) is 0 Å². The van der Waals surface area contributed by atoms with Crippen molar-refractivity contribution in [3.63, 3.8) is 0 Å². The predicted octanol–water partition coefficient (Wildman–Crippen LogP) is 5.37. The van der Waals surface area contributed by atoms with Gasteiger partial charge in [-0.3, -0.25) is 0 Å². The second-order valence-corrected chi connectivity index (χ2v) is 6.51. The normalized spacial score (nSPS) is 12.4. The molecule has 2 aromatic rings. The second-order valence-electron chi connectivity index (χ2n) is 4.74. The maximum absolute atomic E-state index is 3.57. The lowest BCUT2D eigenvalue weighted by Crippen LogP contribution is -2.18. The number of hydrogen-bond donors (Lipinski definition) is 1. The third-order valence-electron chi connectivity index (χ3n) is 3.20. The Morgan fingerprint density at radius 2 is 1.89 bits per heavy atom. The van der Waals surface area contributed by atoms with E-state index in [2.05, 4.69) is 87.4 Å². The van der Waals surface area contributed by atoms with Crippen LogP contribution < -0.4 is 5.32 Å². The molecule has 0 spiro atoms. The first kappa shape index (κ1) is 14.8. The standard InChI is InChI=1S/C16H17Br2N/c1-11-6-7-13(8-16(11)18)10-19-12(2)14-4-3-5-15(17)9-14/h3-9,12,19H,10H2,1-2H3/t12-/m1/s1. The van der Waals surface area contributed by atoms with Gasteiger partial charge in [0.2, 0.25) is 0 Å². The van der Waals surface area contributed by atoms with E-state index in [-0.39, 0.29) is 0 Å². The van der Waals surface area contributed by atoms with Crippen LogP contribution in [0.3, 0.4) is 0 Å². The summed E-state index contributed by atoms with van der Waals surface area (Å²) in [6.07, 6.45) is 0. The summed E-state index contributed by atoms with van der Waals surface area (Å²) in [7, 11) is 0. The molecule has 0 fully saturated rings. The number of benzene rings is 2. The van der Waals surface area contributed by atoms with Crippen molar-refractivity contribution in [3.05, 3.63) is 68.1 Å². The van der Waals surface area contributed by atoms with Gasteiger partial charge in [0.15, 0.2) is 0 Å². The largest absolute Gasteiger partial charge is 0.306 e. The molecule has 0 radical (unpaired) electrons. The monoisotopic (exact) mass is 381 g/mol. The van der Waals surface area contributed by atoms with Gasteiger partial charge in [-0.05, 0) is 48.7 Å².